The zero-order chi connectivity index (χ0) is 16.6. The van der Waals surface area contributed by atoms with Crippen molar-refractivity contribution in [2.75, 3.05) is 0 Å². The SMILES string of the molecule is C=C1C(CCC(C)CC=CC2(C)CC2)C2C(CCCC)C(C)C12. The van der Waals surface area contributed by atoms with Crippen LogP contribution in [0.15, 0.2) is 24.3 Å². The summed E-state index contributed by atoms with van der Waals surface area (Å²) in [5, 5.41) is 0. The largest absolute Gasteiger partial charge is 0.0993 e. The van der Waals surface area contributed by atoms with E-state index >= 15 is 0 Å². The van der Waals surface area contributed by atoms with E-state index in [2.05, 4.69) is 46.4 Å². The Morgan fingerprint density at radius 2 is 2.04 bits per heavy atom. The van der Waals surface area contributed by atoms with Crippen molar-refractivity contribution in [3.8, 4) is 0 Å². The number of fused-ring (bicyclic) bond motifs is 1. The van der Waals surface area contributed by atoms with Gasteiger partial charge in [-0.25, -0.2) is 0 Å². The van der Waals surface area contributed by atoms with Gasteiger partial charge in [0.2, 0.25) is 0 Å². The van der Waals surface area contributed by atoms with E-state index in [0.717, 1.165) is 35.5 Å². The van der Waals surface area contributed by atoms with Crippen LogP contribution in [0.2, 0.25) is 0 Å². The Labute approximate surface area is 144 Å². The summed E-state index contributed by atoms with van der Waals surface area (Å²) in [7, 11) is 0. The summed E-state index contributed by atoms with van der Waals surface area (Å²) in [4.78, 5) is 0. The third-order valence-corrected chi connectivity index (χ3v) is 7.48. The maximum Gasteiger partial charge on any atom is -0.0138 e. The quantitative estimate of drug-likeness (QED) is 0.401. The highest BCUT2D eigenvalue weighted by Crippen LogP contribution is 2.66. The average Bonchev–Trinajstić information content (AvgIpc) is 3.23. The van der Waals surface area contributed by atoms with Crippen LogP contribution in [0.1, 0.15) is 79.1 Å². The molecule has 23 heavy (non-hydrogen) atoms. The highest BCUT2D eigenvalue weighted by molar-refractivity contribution is 5.28. The normalized spacial score (nSPS) is 38.8. The van der Waals surface area contributed by atoms with Gasteiger partial charge < -0.3 is 0 Å². The van der Waals surface area contributed by atoms with Crippen LogP contribution in [0.4, 0.5) is 0 Å². The first-order valence-corrected chi connectivity index (χ1v) is 10.3. The van der Waals surface area contributed by atoms with Gasteiger partial charge in [-0.15, -0.1) is 0 Å². The van der Waals surface area contributed by atoms with Gasteiger partial charge in [-0.3, -0.25) is 0 Å². The van der Waals surface area contributed by atoms with Crippen LogP contribution in [-0.4, -0.2) is 0 Å². The monoisotopic (exact) mass is 314 g/mol. The molecule has 0 aromatic carbocycles. The summed E-state index contributed by atoms with van der Waals surface area (Å²) in [5.41, 5.74) is 2.19. The molecule has 0 amide bonds. The van der Waals surface area contributed by atoms with E-state index in [4.69, 9.17) is 0 Å². The number of allylic oxidation sites excluding steroid dienone is 3. The van der Waals surface area contributed by atoms with Crippen molar-refractivity contribution in [1.82, 2.24) is 0 Å². The summed E-state index contributed by atoms with van der Waals surface area (Å²) in [6.07, 6.45) is 16.1. The van der Waals surface area contributed by atoms with Crippen molar-refractivity contribution < 1.29 is 0 Å². The maximum atomic E-state index is 4.46. The van der Waals surface area contributed by atoms with Crippen molar-refractivity contribution in [1.29, 1.82) is 0 Å². The van der Waals surface area contributed by atoms with Crippen molar-refractivity contribution in [2.45, 2.75) is 79.1 Å². The molecule has 0 N–H and O–H groups in total. The van der Waals surface area contributed by atoms with Gasteiger partial charge in [0, 0.05) is 0 Å². The van der Waals surface area contributed by atoms with E-state index in [1.807, 2.05) is 0 Å². The van der Waals surface area contributed by atoms with Gasteiger partial charge in [0.15, 0.2) is 0 Å². The molecule has 3 rings (SSSR count). The first kappa shape index (κ1) is 17.3. The Bertz CT molecular complexity index is 453. The fourth-order valence-corrected chi connectivity index (χ4v) is 5.40. The van der Waals surface area contributed by atoms with Crippen molar-refractivity contribution in [2.24, 2.45) is 40.9 Å². The minimum absolute atomic E-state index is 0.573. The Hall–Kier alpha value is -0.520. The summed E-state index contributed by atoms with van der Waals surface area (Å²) < 4.78 is 0. The molecule has 6 unspecified atom stereocenters. The fourth-order valence-electron chi connectivity index (χ4n) is 5.40. The molecule has 0 bridgehead atoms. The Balaban J connectivity index is 1.41. The van der Waals surface area contributed by atoms with E-state index in [-0.39, 0.29) is 0 Å². The van der Waals surface area contributed by atoms with E-state index in [0.29, 0.717) is 5.41 Å². The van der Waals surface area contributed by atoms with Gasteiger partial charge in [-0.2, -0.15) is 0 Å². The van der Waals surface area contributed by atoms with E-state index in [1.54, 1.807) is 5.57 Å². The molecule has 0 heterocycles. The molecule has 3 saturated carbocycles. The second kappa shape index (κ2) is 6.77. The Kier molecular flexibility index (Phi) is 5.09. The number of hydrogen-bond acceptors (Lipinski definition) is 0. The lowest BCUT2D eigenvalue weighted by molar-refractivity contribution is -0.0938. The van der Waals surface area contributed by atoms with Crippen LogP contribution in [-0.2, 0) is 0 Å². The lowest BCUT2D eigenvalue weighted by Gasteiger charge is -2.65. The van der Waals surface area contributed by atoms with E-state index < -0.39 is 0 Å². The number of rotatable bonds is 9. The summed E-state index contributed by atoms with van der Waals surface area (Å²) in [5.74, 6) is 5.55. The third-order valence-electron chi connectivity index (χ3n) is 7.48. The lowest BCUT2D eigenvalue weighted by atomic mass is 9.39. The third kappa shape index (κ3) is 3.47. The first-order chi connectivity index (χ1) is 11.0. The molecule has 3 aliphatic rings. The molecule has 0 saturated heterocycles. The van der Waals surface area contributed by atoms with Crippen LogP contribution >= 0.6 is 0 Å². The topological polar surface area (TPSA) is 0 Å². The van der Waals surface area contributed by atoms with Crippen molar-refractivity contribution in [3.05, 3.63) is 24.3 Å². The molecule has 0 radical (unpaired) electrons. The predicted molar refractivity (Wildman–Crippen MR) is 101 cm³/mol. The average molecular weight is 315 g/mol. The van der Waals surface area contributed by atoms with E-state index in [1.165, 1.54) is 51.4 Å². The molecule has 0 aliphatic heterocycles. The number of hydrogen-bond donors (Lipinski definition) is 0. The zero-order valence-corrected chi connectivity index (χ0v) is 16.0. The van der Waals surface area contributed by atoms with Crippen LogP contribution < -0.4 is 0 Å². The summed E-state index contributed by atoms with van der Waals surface area (Å²) in [6, 6.07) is 0. The molecular weight excluding hydrogens is 276 g/mol. The van der Waals surface area contributed by atoms with Gasteiger partial charge in [0.25, 0.3) is 0 Å². The molecule has 0 nitrogen and oxygen atoms in total. The highest BCUT2D eigenvalue weighted by Gasteiger charge is 2.59. The standard InChI is InChI=1S/C23H38/c1-6-7-10-19-17(3)21-18(4)20(22(19)21)12-11-16(2)9-8-13-23(5)14-15-23/h8,13,16-17,19-22H,4,6-7,9-12,14-15H2,1-3,5H3. The van der Waals surface area contributed by atoms with Gasteiger partial charge >= 0.3 is 0 Å². The van der Waals surface area contributed by atoms with Gasteiger partial charge in [-0.05, 0) is 79.4 Å². The second-order valence-electron chi connectivity index (χ2n) is 9.42. The number of unbranched alkanes of at least 4 members (excludes halogenated alkanes) is 1. The smallest absolute Gasteiger partial charge is 0.0138 e. The van der Waals surface area contributed by atoms with E-state index in [9.17, 15) is 0 Å². The minimum atomic E-state index is 0.573. The van der Waals surface area contributed by atoms with Gasteiger partial charge in [0.05, 0.1) is 0 Å². The fraction of sp³-hybridized carbons (Fsp3) is 0.826. The minimum Gasteiger partial charge on any atom is -0.0993 e. The van der Waals surface area contributed by atoms with Crippen LogP contribution in [0.5, 0.6) is 0 Å². The van der Waals surface area contributed by atoms with Gasteiger partial charge in [-0.1, -0.05) is 64.8 Å². The highest BCUT2D eigenvalue weighted by atomic mass is 14.6. The van der Waals surface area contributed by atoms with Crippen LogP contribution in [0.3, 0.4) is 0 Å². The molecule has 3 aliphatic carbocycles. The van der Waals surface area contributed by atoms with Crippen LogP contribution in [0, 0.1) is 40.9 Å². The molecule has 0 spiro atoms. The molecule has 0 aromatic heterocycles. The molecule has 130 valence electrons. The maximum absolute atomic E-state index is 4.46. The molecule has 0 aromatic rings. The van der Waals surface area contributed by atoms with Gasteiger partial charge in [0.1, 0.15) is 0 Å². The summed E-state index contributed by atoms with van der Waals surface area (Å²) in [6.45, 7) is 14.1. The predicted octanol–water partition coefficient (Wildman–Crippen LogP) is 7.02. The van der Waals surface area contributed by atoms with Crippen molar-refractivity contribution in [3.63, 3.8) is 0 Å². The Morgan fingerprint density at radius 1 is 1.30 bits per heavy atom. The zero-order valence-electron chi connectivity index (χ0n) is 16.0. The molecule has 3 fully saturated rings. The second-order valence-corrected chi connectivity index (χ2v) is 9.42. The molecule has 6 atom stereocenters. The molecular formula is C23H38. The Morgan fingerprint density at radius 3 is 2.70 bits per heavy atom. The van der Waals surface area contributed by atoms with Crippen molar-refractivity contribution >= 4 is 0 Å². The summed E-state index contributed by atoms with van der Waals surface area (Å²) >= 11 is 0. The molecule has 0 heteroatoms. The van der Waals surface area contributed by atoms with Crippen LogP contribution in [0.25, 0.3) is 0 Å². The lowest BCUT2D eigenvalue weighted by Crippen LogP contribution is -2.59. The first-order valence-electron chi connectivity index (χ1n) is 10.3.